The fraction of sp³-hybridized carbons (Fsp3) is 0.462. The largest absolute Gasteiger partial charge is 0.481 e. The second-order valence-electron chi connectivity index (χ2n) is 4.19. The van der Waals surface area contributed by atoms with E-state index in [1.165, 1.54) is 24.3 Å². The van der Waals surface area contributed by atoms with Gasteiger partial charge < -0.3 is 10.8 Å². The van der Waals surface area contributed by atoms with Crippen molar-refractivity contribution in [1.29, 1.82) is 0 Å². The van der Waals surface area contributed by atoms with Crippen molar-refractivity contribution in [2.24, 2.45) is 5.73 Å². The van der Waals surface area contributed by atoms with Gasteiger partial charge in [0.25, 0.3) is 0 Å². The van der Waals surface area contributed by atoms with Crippen LogP contribution in [-0.2, 0) is 10.2 Å². The van der Waals surface area contributed by atoms with Crippen molar-refractivity contribution in [2.45, 2.75) is 18.3 Å². The number of halogens is 1. The summed E-state index contributed by atoms with van der Waals surface area (Å²) in [6.07, 6.45) is 3.20. The summed E-state index contributed by atoms with van der Waals surface area (Å²) < 4.78 is 12.9. The van der Waals surface area contributed by atoms with Crippen LogP contribution in [0.5, 0.6) is 0 Å². The van der Waals surface area contributed by atoms with Gasteiger partial charge in [0.15, 0.2) is 0 Å². The van der Waals surface area contributed by atoms with Crippen LogP contribution in [0.2, 0.25) is 0 Å². The zero-order valence-electron chi connectivity index (χ0n) is 10.4. The van der Waals surface area contributed by atoms with Crippen molar-refractivity contribution in [3.8, 4) is 0 Å². The molecule has 0 aliphatic heterocycles. The van der Waals surface area contributed by atoms with Gasteiger partial charge in [-0.15, -0.1) is 0 Å². The molecule has 0 spiro atoms. The lowest BCUT2D eigenvalue weighted by atomic mass is 9.77. The van der Waals surface area contributed by atoms with Crippen molar-refractivity contribution >= 4 is 17.7 Å². The molecule has 1 unspecified atom stereocenters. The molecule has 0 heterocycles. The Morgan fingerprint density at radius 3 is 2.50 bits per heavy atom. The molecule has 0 aromatic heterocycles. The average molecular weight is 271 g/mol. The summed E-state index contributed by atoms with van der Waals surface area (Å²) in [4.78, 5) is 11.6. The van der Waals surface area contributed by atoms with Crippen LogP contribution >= 0.6 is 11.8 Å². The molecule has 3 nitrogen and oxygen atoms in total. The van der Waals surface area contributed by atoms with Crippen LogP contribution in [0.15, 0.2) is 24.3 Å². The van der Waals surface area contributed by atoms with Crippen molar-refractivity contribution in [3.05, 3.63) is 35.6 Å². The summed E-state index contributed by atoms with van der Waals surface area (Å²) in [7, 11) is 0. The Morgan fingerprint density at radius 2 is 2.06 bits per heavy atom. The SMILES string of the molecule is CSCCCC(CN)(C(=O)O)c1ccc(F)cc1. The Bertz CT molecular complexity index is 396. The number of hydrogen-bond acceptors (Lipinski definition) is 3. The Kier molecular flexibility index (Phi) is 5.62. The molecule has 0 aliphatic rings. The summed E-state index contributed by atoms with van der Waals surface area (Å²) >= 11 is 1.67. The molecule has 1 aromatic carbocycles. The number of carboxylic acids is 1. The van der Waals surface area contributed by atoms with E-state index in [0.29, 0.717) is 12.0 Å². The second kappa shape index (κ2) is 6.75. The van der Waals surface area contributed by atoms with Crippen molar-refractivity contribution in [3.63, 3.8) is 0 Å². The molecule has 5 heteroatoms. The van der Waals surface area contributed by atoms with E-state index in [2.05, 4.69) is 0 Å². The summed E-state index contributed by atoms with van der Waals surface area (Å²) in [5.74, 6) is -0.437. The van der Waals surface area contributed by atoms with Gasteiger partial charge in [-0.2, -0.15) is 11.8 Å². The maximum absolute atomic E-state index is 12.9. The van der Waals surface area contributed by atoms with Gasteiger partial charge in [0.2, 0.25) is 0 Å². The fourth-order valence-electron chi connectivity index (χ4n) is 1.97. The number of nitrogens with two attached hydrogens (primary N) is 1. The van der Waals surface area contributed by atoms with E-state index in [-0.39, 0.29) is 12.4 Å². The standard InChI is InChI=1S/C13H18FNO2S/c1-18-8-2-7-13(9-15,12(16)17)10-3-5-11(14)6-4-10/h3-6H,2,7-9,15H2,1H3,(H,16,17). The highest BCUT2D eigenvalue weighted by Gasteiger charge is 2.38. The number of rotatable bonds is 7. The van der Waals surface area contributed by atoms with E-state index in [1.54, 1.807) is 11.8 Å². The Hall–Kier alpha value is -1.07. The van der Waals surface area contributed by atoms with E-state index in [9.17, 15) is 14.3 Å². The highest BCUT2D eigenvalue weighted by Crippen LogP contribution is 2.29. The van der Waals surface area contributed by atoms with Crippen molar-refractivity contribution in [2.75, 3.05) is 18.6 Å². The molecule has 3 N–H and O–H groups in total. The summed E-state index contributed by atoms with van der Waals surface area (Å²) in [6.45, 7) is 0.0162. The van der Waals surface area contributed by atoms with E-state index in [4.69, 9.17) is 5.73 Å². The van der Waals surface area contributed by atoms with Gasteiger partial charge in [-0.25, -0.2) is 4.39 Å². The monoisotopic (exact) mass is 271 g/mol. The molecule has 1 rings (SSSR count). The van der Waals surface area contributed by atoms with Gasteiger partial charge in [-0.05, 0) is 42.5 Å². The minimum absolute atomic E-state index is 0.0162. The predicted octanol–water partition coefficient (Wildman–Crippen LogP) is 2.25. The Labute approximate surface area is 111 Å². The van der Waals surface area contributed by atoms with Gasteiger partial charge in [-0.3, -0.25) is 4.79 Å². The lowest BCUT2D eigenvalue weighted by molar-refractivity contribution is -0.143. The van der Waals surface area contributed by atoms with Gasteiger partial charge in [0.1, 0.15) is 11.2 Å². The average Bonchev–Trinajstić information content (AvgIpc) is 2.36. The zero-order valence-corrected chi connectivity index (χ0v) is 11.2. The topological polar surface area (TPSA) is 63.3 Å². The molecule has 0 radical (unpaired) electrons. The lowest BCUT2D eigenvalue weighted by Crippen LogP contribution is -2.43. The first kappa shape index (κ1) is 15.0. The Morgan fingerprint density at radius 1 is 1.44 bits per heavy atom. The minimum Gasteiger partial charge on any atom is -0.481 e. The number of aliphatic carboxylic acids is 1. The minimum atomic E-state index is -1.11. The van der Waals surface area contributed by atoms with Crippen LogP contribution in [0.25, 0.3) is 0 Å². The highest BCUT2D eigenvalue weighted by atomic mass is 32.2. The summed E-state index contributed by atoms with van der Waals surface area (Å²) in [5, 5.41) is 9.47. The zero-order chi connectivity index (χ0) is 13.6. The number of carbonyl (C=O) groups is 1. The molecule has 0 bridgehead atoms. The molecule has 0 saturated heterocycles. The molecule has 18 heavy (non-hydrogen) atoms. The number of thioether (sulfide) groups is 1. The second-order valence-corrected chi connectivity index (χ2v) is 5.18. The molecule has 0 saturated carbocycles. The third kappa shape index (κ3) is 3.23. The first-order valence-electron chi connectivity index (χ1n) is 5.75. The number of carboxylic acid groups (broad SMARTS) is 1. The molecule has 1 atom stereocenters. The number of hydrogen-bond donors (Lipinski definition) is 2. The third-order valence-electron chi connectivity index (χ3n) is 3.11. The van der Waals surface area contributed by atoms with E-state index >= 15 is 0 Å². The normalized spacial score (nSPS) is 14.2. The Balaban J connectivity index is 3.02. The lowest BCUT2D eigenvalue weighted by Gasteiger charge is -2.28. The smallest absolute Gasteiger partial charge is 0.315 e. The third-order valence-corrected chi connectivity index (χ3v) is 3.80. The molecule has 1 aromatic rings. The predicted molar refractivity (Wildman–Crippen MR) is 72.4 cm³/mol. The first-order valence-corrected chi connectivity index (χ1v) is 7.14. The van der Waals surface area contributed by atoms with Crippen LogP contribution in [0.4, 0.5) is 4.39 Å². The van der Waals surface area contributed by atoms with Crippen LogP contribution in [0.1, 0.15) is 18.4 Å². The van der Waals surface area contributed by atoms with Crippen LogP contribution < -0.4 is 5.73 Å². The molecular formula is C13H18FNO2S. The quantitative estimate of drug-likeness (QED) is 0.747. The summed E-state index contributed by atoms with van der Waals surface area (Å²) in [5.41, 5.74) is 5.14. The maximum atomic E-state index is 12.9. The van der Waals surface area contributed by atoms with E-state index in [0.717, 1.165) is 12.2 Å². The first-order chi connectivity index (χ1) is 8.56. The van der Waals surface area contributed by atoms with Crippen LogP contribution in [-0.4, -0.2) is 29.6 Å². The van der Waals surface area contributed by atoms with E-state index < -0.39 is 11.4 Å². The summed E-state index contributed by atoms with van der Waals surface area (Å²) in [6, 6.07) is 5.57. The van der Waals surface area contributed by atoms with Crippen LogP contribution in [0, 0.1) is 5.82 Å². The molecule has 0 aliphatic carbocycles. The molecule has 0 fully saturated rings. The highest BCUT2D eigenvalue weighted by molar-refractivity contribution is 7.98. The number of benzene rings is 1. The van der Waals surface area contributed by atoms with Gasteiger partial charge in [0, 0.05) is 6.54 Å². The van der Waals surface area contributed by atoms with Gasteiger partial charge >= 0.3 is 5.97 Å². The van der Waals surface area contributed by atoms with Gasteiger partial charge in [0.05, 0.1) is 0 Å². The maximum Gasteiger partial charge on any atom is 0.315 e. The molecular weight excluding hydrogens is 253 g/mol. The van der Waals surface area contributed by atoms with Crippen LogP contribution in [0.3, 0.4) is 0 Å². The van der Waals surface area contributed by atoms with Gasteiger partial charge in [-0.1, -0.05) is 12.1 Å². The van der Waals surface area contributed by atoms with E-state index in [1.807, 2.05) is 6.26 Å². The van der Waals surface area contributed by atoms with Crippen molar-refractivity contribution in [1.82, 2.24) is 0 Å². The molecule has 100 valence electrons. The fourth-order valence-corrected chi connectivity index (χ4v) is 2.40. The molecule has 0 amide bonds. The van der Waals surface area contributed by atoms with Crippen molar-refractivity contribution < 1.29 is 14.3 Å².